The van der Waals surface area contributed by atoms with Gasteiger partial charge in [-0.2, -0.15) is 0 Å². The minimum absolute atomic E-state index is 0.0558. The van der Waals surface area contributed by atoms with Gasteiger partial charge in [0.25, 0.3) is 5.56 Å². The van der Waals surface area contributed by atoms with Gasteiger partial charge in [0, 0.05) is 11.3 Å². The number of methoxy groups -OCH3 is 1. The first-order chi connectivity index (χ1) is 14.8. The van der Waals surface area contributed by atoms with Crippen molar-refractivity contribution in [3.05, 3.63) is 45.1 Å². The lowest BCUT2D eigenvalue weighted by Gasteiger charge is -2.26. The maximum Gasteiger partial charge on any atom is 0.316 e. The van der Waals surface area contributed by atoms with Crippen LogP contribution in [0.1, 0.15) is 31.2 Å². The van der Waals surface area contributed by atoms with Gasteiger partial charge in [0.05, 0.1) is 30.9 Å². The summed E-state index contributed by atoms with van der Waals surface area (Å²) in [6.45, 7) is 6.28. The van der Waals surface area contributed by atoms with Gasteiger partial charge in [-0.15, -0.1) is 11.3 Å². The molecule has 0 spiro atoms. The Kier molecular flexibility index (Phi) is 6.09. The Balaban J connectivity index is 1.93. The number of hydrogen-bond acceptors (Lipinski definition) is 7. The Hall–Kier alpha value is -2.36. The fourth-order valence-corrected chi connectivity index (χ4v) is 5.61. The molecule has 31 heavy (non-hydrogen) atoms. The van der Waals surface area contributed by atoms with E-state index >= 15 is 0 Å². The van der Waals surface area contributed by atoms with E-state index in [4.69, 9.17) is 14.5 Å². The second-order valence-corrected chi connectivity index (χ2v) is 10.2. The second-order valence-electron chi connectivity index (χ2n) is 7.81. The van der Waals surface area contributed by atoms with Crippen molar-refractivity contribution in [2.24, 2.45) is 5.92 Å². The van der Waals surface area contributed by atoms with Gasteiger partial charge in [0.15, 0.2) is 5.16 Å². The zero-order valence-electron chi connectivity index (χ0n) is 17.7. The third-order valence-electron chi connectivity index (χ3n) is 5.42. The Morgan fingerprint density at radius 3 is 2.65 bits per heavy atom. The number of aliphatic carboxylic acids is 1. The molecule has 7 nitrogen and oxygen atoms in total. The summed E-state index contributed by atoms with van der Waals surface area (Å²) in [5, 5.41) is 9.62. The molecule has 3 aromatic rings. The van der Waals surface area contributed by atoms with Crippen LogP contribution in [0.2, 0.25) is 0 Å². The number of thioether (sulfide) groups is 1. The molecule has 0 fully saturated rings. The third kappa shape index (κ3) is 4.09. The van der Waals surface area contributed by atoms with E-state index in [2.05, 4.69) is 13.8 Å². The largest absolute Gasteiger partial charge is 0.497 e. The summed E-state index contributed by atoms with van der Waals surface area (Å²) in [4.78, 5) is 31.6. The normalized spacial score (nSPS) is 17.0. The lowest BCUT2D eigenvalue weighted by molar-refractivity contribution is -0.136. The SMILES string of the molecule is COc1ccc(-n2c(S[C@H](C)C(=O)O)nc3sc4c(c3c2=O)C[C@@H](C(C)C)OC4)cc1. The van der Waals surface area contributed by atoms with E-state index in [9.17, 15) is 14.7 Å². The Labute approximate surface area is 188 Å². The van der Waals surface area contributed by atoms with Gasteiger partial charge in [0.2, 0.25) is 0 Å². The lowest BCUT2D eigenvalue weighted by atomic mass is 9.96. The molecular weight excluding hydrogens is 436 g/mol. The van der Waals surface area contributed by atoms with Crippen molar-refractivity contribution in [2.75, 3.05) is 7.11 Å². The number of carbonyl (C=O) groups is 1. The summed E-state index contributed by atoms with van der Waals surface area (Å²) in [5.41, 5.74) is 1.44. The smallest absolute Gasteiger partial charge is 0.316 e. The standard InChI is InChI=1S/C22H24N2O5S2/c1-11(2)16-9-15-17(10-29-16)31-19-18(15)20(25)24(13-5-7-14(28-4)8-6-13)22(23-19)30-12(3)21(26)27/h5-8,11-12,16H,9-10H2,1-4H3,(H,26,27)/t12-,16+/m1/s1. The van der Waals surface area contributed by atoms with Crippen molar-refractivity contribution in [3.63, 3.8) is 0 Å². The van der Waals surface area contributed by atoms with Crippen molar-refractivity contribution < 1.29 is 19.4 Å². The maximum absolute atomic E-state index is 13.8. The molecule has 0 saturated carbocycles. The fourth-order valence-electron chi connectivity index (χ4n) is 3.58. The summed E-state index contributed by atoms with van der Waals surface area (Å²) >= 11 is 2.52. The van der Waals surface area contributed by atoms with Crippen LogP contribution >= 0.6 is 23.1 Å². The summed E-state index contributed by atoms with van der Waals surface area (Å²) in [6, 6.07) is 7.10. The minimum atomic E-state index is -0.959. The first kappa shape index (κ1) is 21.9. The van der Waals surface area contributed by atoms with Crippen LogP contribution < -0.4 is 10.3 Å². The van der Waals surface area contributed by atoms with E-state index in [-0.39, 0.29) is 11.7 Å². The second kappa shape index (κ2) is 8.64. The van der Waals surface area contributed by atoms with Gasteiger partial charge in [0.1, 0.15) is 15.8 Å². The molecule has 0 aliphatic carbocycles. The number of benzene rings is 1. The zero-order chi connectivity index (χ0) is 22.3. The van der Waals surface area contributed by atoms with Gasteiger partial charge in [-0.25, -0.2) is 4.98 Å². The number of ether oxygens (including phenoxy) is 2. The Bertz CT molecular complexity index is 1180. The quantitative estimate of drug-likeness (QED) is 0.437. The van der Waals surface area contributed by atoms with Gasteiger partial charge < -0.3 is 14.6 Å². The van der Waals surface area contributed by atoms with Crippen LogP contribution in [0.3, 0.4) is 0 Å². The number of carboxylic acids is 1. The highest BCUT2D eigenvalue weighted by Crippen LogP contribution is 2.36. The number of thiophene rings is 1. The van der Waals surface area contributed by atoms with Crippen LogP contribution in [0.4, 0.5) is 0 Å². The molecule has 1 N–H and O–H groups in total. The lowest BCUT2D eigenvalue weighted by Crippen LogP contribution is -2.28. The zero-order valence-corrected chi connectivity index (χ0v) is 19.4. The molecule has 1 aromatic carbocycles. The number of rotatable bonds is 6. The van der Waals surface area contributed by atoms with Crippen LogP contribution in [0.5, 0.6) is 5.75 Å². The highest BCUT2D eigenvalue weighted by atomic mass is 32.2. The first-order valence-electron chi connectivity index (χ1n) is 10.0. The van der Waals surface area contributed by atoms with E-state index in [1.807, 2.05) is 0 Å². The highest BCUT2D eigenvalue weighted by molar-refractivity contribution is 8.00. The van der Waals surface area contributed by atoms with Gasteiger partial charge in [-0.05, 0) is 42.7 Å². The van der Waals surface area contributed by atoms with Crippen molar-refractivity contribution in [1.82, 2.24) is 9.55 Å². The maximum atomic E-state index is 13.8. The van der Waals surface area contributed by atoms with Crippen LogP contribution in [0.15, 0.2) is 34.2 Å². The molecule has 0 saturated heterocycles. The molecule has 164 valence electrons. The van der Waals surface area contributed by atoms with Crippen molar-refractivity contribution in [2.45, 2.75) is 50.3 Å². The van der Waals surface area contributed by atoms with Gasteiger partial charge >= 0.3 is 5.97 Å². The van der Waals surface area contributed by atoms with Crippen LogP contribution in [-0.4, -0.2) is 39.1 Å². The molecule has 2 aromatic heterocycles. The molecule has 0 unspecified atom stereocenters. The topological polar surface area (TPSA) is 90.6 Å². The molecule has 2 atom stereocenters. The van der Waals surface area contributed by atoms with Crippen LogP contribution in [0, 0.1) is 5.92 Å². The number of hydrogen-bond donors (Lipinski definition) is 1. The highest BCUT2D eigenvalue weighted by Gasteiger charge is 2.29. The van der Waals surface area contributed by atoms with Crippen molar-refractivity contribution in [1.29, 1.82) is 0 Å². The number of fused-ring (bicyclic) bond motifs is 3. The van der Waals surface area contributed by atoms with Crippen LogP contribution in [-0.2, 0) is 22.6 Å². The third-order valence-corrected chi connectivity index (χ3v) is 7.55. The Morgan fingerprint density at radius 1 is 1.32 bits per heavy atom. The predicted molar refractivity (Wildman–Crippen MR) is 122 cm³/mol. The molecular formula is C22H24N2O5S2. The molecule has 0 amide bonds. The molecule has 0 radical (unpaired) electrons. The number of carboxylic acid groups (broad SMARTS) is 1. The van der Waals surface area contributed by atoms with E-state index in [1.54, 1.807) is 38.3 Å². The minimum Gasteiger partial charge on any atom is -0.497 e. The average Bonchev–Trinajstić information content (AvgIpc) is 3.11. The van der Waals surface area contributed by atoms with Crippen molar-refractivity contribution in [3.8, 4) is 11.4 Å². The molecule has 3 heterocycles. The van der Waals surface area contributed by atoms with E-state index in [0.29, 0.717) is 45.8 Å². The summed E-state index contributed by atoms with van der Waals surface area (Å²) < 4.78 is 12.7. The fraction of sp³-hybridized carbons (Fsp3) is 0.409. The first-order valence-corrected chi connectivity index (χ1v) is 11.7. The monoisotopic (exact) mass is 460 g/mol. The molecule has 1 aliphatic rings. The Morgan fingerprint density at radius 2 is 2.03 bits per heavy atom. The predicted octanol–water partition coefficient (Wildman–Crippen LogP) is 4.12. The number of aromatic nitrogens is 2. The summed E-state index contributed by atoms with van der Waals surface area (Å²) in [5.74, 6) is 0.0502. The summed E-state index contributed by atoms with van der Waals surface area (Å²) in [7, 11) is 1.58. The molecule has 4 rings (SSSR count). The van der Waals surface area contributed by atoms with Gasteiger partial charge in [-0.1, -0.05) is 25.6 Å². The van der Waals surface area contributed by atoms with Crippen molar-refractivity contribution >= 4 is 39.3 Å². The van der Waals surface area contributed by atoms with E-state index < -0.39 is 11.2 Å². The van der Waals surface area contributed by atoms with E-state index in [0.717, 1.165) is 22.2 Å². The molecule has 1 aliphatic heterocycles. The molecule has 9 heteroatoms. The summed E-state index contributed by atoms with van der Waals surface area (Å²) in [6.07, 6.45) is 0.727. The van der Waals surface area contributed by atoms with E-state index in [1.165, 1.54) is 15.9 Å². The average molecular weight is 461 g/mol. The van der Waals surface area contributed by atoms with Crippen LogP contribution in [0.25, 0.3) is 15.9 Å². The van der Waals surface area contributed by atoms with Gasteiger partial charge in [-0.3, -0.25) is 14.2 Å². The molecule has 0 bridgehead atoms. The number of nitrogens with zero attached hydrogens (tertiary/aromatic N) is 2.